The van der Waals surface area contributed by atoms with Crippen LogP contribution in [0.3, 0.4) is 0 Å². The van der Waals surface area contributed by atoms with Gasteiger partial charge in [-0.3, -0.25) is 0 Å². The molecule has 4 nitrogen and oxygen atoms in total. The van der Waals surface area contributed by atoms with Crippen LogP contribution in [0.4, 0.5) is 0 Å². The zero-order valence-electron chi connectivity index (χ0n) is 11.8. The van der Waals surface area contributed by atoms with Gasteiger partial charge >= 0.3 is 0 Å². The monoisotopic (exact) mass is 305 g/mol. The number of sulfonamides is 1. The van der Waals surface area contributed by atoms with E-state index in [9.17, 15) is 8.42 Å². The maximum atomic E-state index is 12.3. The van der Waals surface area contributed by atoms with Crippen molar-refractivity contribution in [3.63, 3.8) is 0 Å². The molecule has 21 heavy (non-hydrogen) atoms. The van der Waals surface area contributed by atoms with E-state index < -0.39 is 10.0 Å². The predicted octanol–water partition coefficient (Wildman–Crippen LogP) is 2.68. The van der Waals surface area contributed by atoms with Crippen LogP contribution in [0.5, 0.6) is 0 Å². The molecule has 1 N–H and O–H groups in total. The maximum absolute atomic E-state index is 12.3. The third kappa shape index (κ3) is 3.36. The molecule has 5 heteroatoms. The van der Waals surface area contributed by atoms with Gasteiger partial charge in [-0.2, -0.15) is 0 Å². The van der Waals surface area contributed by atoms with Gasteiger partial charge < -0.3 is 4.42 Å². The minimum absolute atomic E-state index is 0.340. The summed E-state index contributed by atoms with van der Waals surface area (Å²) >= 11 is 0. The third-order valence-electron chi connectivity index (χ3n) is 3.87. The molecule has 0 atom stereocenters. The van der Waals surface area contributed by atoms with Crippen LogP contribution in [-0.2, 0) is 29.3 Å². The molecule has 0 saturated heterocycles. The van der Waals surface area contributed by atoms with E-state index in [1.54, 1.807) is 18.4 Å². The Hall–Kier alpha value is -1.59. The number of hydrogen-bond donors (Lipinski definition) is 1. The Bertz CT molecular complexity index is 705. The van der Waals surface area contributed by atoms with Crippen molar-refractivity contribution < 1.29 is 12.8 Å². The van der Waals surface area contributed by atoms with E-state index in [1.807, 2.05) is 18.2 Å². The zero-order valence-corrected chi connectivity index (χ0v) is 12.7. The van der Waals surface area contributed by atoms with Crippen molar-refractivity contribution in [3.8, 4) is 0 Å². The average molecular weight is 305 g/mol. The maximum Gasteiger partial charge on any atom is 0.240 e. The van der Waals surface area contributed by atoms with Crippen LogP contribution >= 0.6 is 0 Å². The highest BCUT2D eigenvalue weighted by Crippen LogP contribution is 2.24. The Morgan fingerprint density at radius 2 is 1.90 bits per heavy atom. The van der Waals surface area contributed by atoms with Crippen molar-refractivity contribution in [3.05, 3.63) is 53.5 Å². The van der Waals surface area contributed by atoms with Gasteiger partial charge in [-0.1, -0.05) is 6.07 Å². The van der Waals surface area contributed by atoms with Crippen molar-refractivity contribution in [1.82, 2.24) is 4.72 Å². The lowest BCUT2D eigenvalue weighted by Crippen LogP contribution is -2.26. The first kappa shape index (κ1) is 14.4. The van der Waals surface area contributed by atoms with Gasteiger partial charge in [0.25, 0.3) is 0 Å². The lowest BCUT2D eigenvalue weighted by atomic mass is 9.92. The zero-order chi connectivity index (χ0) is 14.7. The molecular weight excluding hydrogens is 286 g/mol. The number of aryl methyl sites for hydroxylation is 2. The standard InChI is InChI=1S/C16H19NO3S/c18-21(19,17-10-9-15-6-3-11-20-15)16-8-7-13-4-1-2-5-14(13)12-16/h3,6-8,11-12,17H,1-2,4-5,9-10H2. The molecule has 1 aliphatic carbocycles. The molecule has 1 aromatic carbocycles. The van der Waals surface area contributed by atoms with Crippen LogP contribution in [0.1, 0.15) is 29.7 Å². The molecule has 1 aliphatic rings. The summed E-state index contributed by atoms with van der Waals surface area (Å²) in [6.45, 7) is 0.340. The Morgan fingerprint density at radius 1 is 1.10 bits per heavy atom. The number of rotatable bonds is 5. The van der Waals surface area contributed by atoms with Crippen LogP contribution in [0.15, 0.2) is 45.9 Å². The van der Waals surface area contributed by atoms with Gasteiger partial charge in [0.05, 0.1) is 11.2 Å². The van der Waals surface area contributed by atoms with Gasteiger partial charge in [0.15, 0.2) is 0 Å². The van der Waals surface area contributed by atoms with Gasteiger partial charge in [0.1, 0.15) is 5.76 Å². The van der Waals surface area contributed by atoms with Crippen molar-refractivity contribution in [2.24, 2.45) is 0 Å². The lowest BCUT2D eigenvalue weighted by Gasteiger charge is -2.16. The molecule has 0 amide bonds. The summed E-state index contributed by atoms with van der Waals surface area (Å²) in [5.41, 5.74) is 2.46. The Kier molecular flexibility index (Phi) is 4.12. The number of benzene rings is 1. The first-order valence-electron chi connectivity index (χ1n) is 7.29. The minimum Gasteiger partial charge on any atom is -0.469 e. The Labute approximate surface area is 125 Å². The fourth-order valence-corrected chi connectivity index (χ4v) is 3.81. The molecule has 1 aromatic heterocycles. The molecule has 0 fully saturated rings. The van der Waals surface area contributed by atoms with Crippen LogP contribution < -0.4 is 4.72 Å². The lowest BCUT2D eigenvalue weighted by molar-refractivity contribution is 0.506. The number of hydrogen-bond acceptors (Lipinski definition) is 3. The van der Waals surface area contributed by atoms with Crippen molar-refractivity contribution in [1.29, 1.82) is 0 Å². The fourth-order valence-electron chi connectivity index (χ4n) is 2.72. The molecule has 0 bridgehead atoms. The van der Waals surface area contributed by atoms with E-state index in [4.69, 9.17) is 4.42 Å². The highest BCUT2D eigenvalue weighted by Gasteiger charge is 2.17. The highest BCUT2D eigenvalue weighted by molar-refractivity contribution is 7.89. The number of fused-ring (bicyclic) bond motifs is 1. The van der Waals surface area contributed by atoms with Crippen molar-refractivity contribution in [2.45, 2.75) is 37.0 Å². The Balaban J connectivity index is 1.69. The summed E-state index contributed by atoms with van der Waals surface area (Å²) in [5, 5.41) is 0. The number of nitrogens with one attached hydrogen (secondary N) is 1. The van der Waals surface area contributed by atoms with Crippen molar-refractivity contribution in [2.75, 3.05) is 6.54 Å². The quantitative estimate of drug-likeness (QED) is 0.924. The second-order valence-corrected chi connectivity index (χ2v) is 7.13. The van der Waals surface area contributed by atoms with Crippen LogP contribution in [0.25, 0.3) is 0 Å². The molecule has 0 spiro atoms. The van der Waals surface area contributed by atoms with Gasteiger partial charge in [-0.05, 0) is 61.1 Å². The van der Waals surface area contributed by atoms with E-state index in [0.717, 1.165) is 25.0 Å². The second-order valence-electron chi connectivity index (χ2n) is 5.36. The molecule has 0 unspecified atom stereocenters. The fraction of sp³-hybridized carbons (Fsp3) is 0.375. The molecule has 3 rings (SSSR count). The van der Waals surface area contributed by atoms with E-state index in [0.29, 0.717) is 17.9 Å². The molecule has 0 saturated carbocycles. The largest absolute Gasteiger partial charge is 0.469 e. The molecule has 112 valence electrons. The van der Waals surface area contributed by atoms with Gasteiger partial charge in [-0.25, -0.2) is 13.1 Å². The second kappa shape index (κ2) is 6.03. The summed E-state index contributed by atoms with van der Waals surface area (Å²) in [6, 6.07) is 9.12. The SMILES string of the molecule is O=S(=O)(NCCc1ccco1)c1ccc2c(c1)CCCC2. The highest BCUT2D eigenvalue weighted by atomic mass is 32.2. The normalized spacial score (nSPS) is 14.9. The first-order valence-corrected chi connectivity index (χ1v) is 8.77. The summed E-state index contributed by atoms with van der Waals surface area (Å²) in [7, 11) is -3.44. The molecule has 0 aliphatic heterocycles. The summed E-state index contributed by atoms with van der Waals surface area (Å²) in [6.07, 6.45) is 6.51. The van der Waals surface area contributed by atoms with E-state index in [2.05, 4.69) is 4.72 Å². The topological polar surface area (TPSA) is 59.3 Å². The summed E-state index contributed by atoms with van der Waals surface area (Å²) in [5.74, 6) is 0.781. The first-order chi connectivity index (χ1) is 10.1. The molecule has 1 heterocycles. The van der Waals surface area contributed by atoms with Gasteiger partial charge in [0.2, 0.25) is 10.0 Å². The summed E-state index contributed by atoms with van der Waals surface area (Å²) < 4.78 is 32.4. The molecule has 0 radical (unpaired) electrons. The van der Waals surface area contributed by atoms with Crippen molar-refractivity contribution >= 4 is 10.0 Å². The number of furan rings is 1. The van der Waals surface area contributed by atoms with Crippen LogP contribution in [-0.4, -0.2) is 15.0 Å². The smallest absolute Gasteiger partial charge is 0.240 e. The average Bonchev–Trinajstić information content (AvgIpc) is 3.00. The van der Waals surface area contributed by atoms with Crippen LogP contribution in [0.2, 0.25) is 0 Å². The van der Waals surface area contributed by atoms with Crippen LogP contribution in [0, 0.1) is 0 Å². The molecular formula is C16H19NO3S. The Morgan fingerprint density at radius 3 is 2.67 bits per heavy atom. The van der Waals surface area contributed by atoms with E-state index in [1.165, 1.54) is 17.5 Å². The van der Waals surface area contributed by atoms with Gasteiger partial charge in [0, 0.05) is 13.0 Å². The molecule has 2 aromatic rings. The van der Waals surface area contributed by atoms with Gasteiger partial charge in [-0.15, -0.1) is 0 Å². The minimum atomic E-state index is -3.44. The third-order valence-corrected chi connectivity index (χ3v) is 5.33. The van der Waals surface area contributed by atoms with E-state index in [-0.39, 0.29) is 0 Å². The van der Waals surface area contributed by atoms with E-state index >= 15 is 0 Å². The summed E-state index contributed by atoms with van der Waals surface area (Å²) in [4.78, 5) is 0.364. The predicted molar refractivity (Wildman–Crippen MR) is 80.7 cm³/mol.